The Balaban J connectivity index is 0.00000144. The first-order chi connectivity index (χ1) is 7.61. The van der Waals surface area contributed by atoms with Gasteiger partial charge in [-0.1, -0.05) is 12.1 Å². The van der Waals surface area contributed by atoms with Crippen molar-refractivity contribution in [3.05, 3.63) is 35.4 Å². The average molecular weight is 225 g/mol. The Morgan fingerprint density at radius 1 is 1.12 bits per heavy atom. The van der Waals surface area contributed by atoms with E-state index < -0.39 is 17.8 Å². The zero-order valence-corrected chi connectivity index (χ0v) is 9.30. The normalized spacial score (nSPS) is 13.3. The molecule has 0 radical (unpaired) electrons. The third-order valence-electron chi connectivity index (χ3n) is 2.42. The van der Waals surface area contributed by atoms with Gasteiger partial charge in [-0.15, -0.1) is 0 Å². The van der Waals surface area contributed by atoms with Crippen LogP contribution in [-0.2, 0) is 4.79 Å². The van der Waals surface area contributed by atoms with E-state index in [9.17, 15) is 19.5 Å². The van der Waals surface area contributed by atoms with Gasteiger partial charge in [-0.3, -0.25) is 14.5 Å². The van der Waals surface area contributed by atoms with Gasteiger partial charge in [0.25, 0.3) is 11.8 Å². The van der Waals surface area contributed by atoms with Crippen molar-refractivity contribution < 1.29 is 38.4 Å². The number of imide groups is 1. The Labute approximate surface area is 110 Å². The smallest absolute Gasteiger partial charge is 0.550 e. The van der Waals surface area contributed by atoms with Gasteiger partial charge in [-0.05, 0) is 12.1 Å². The minimum atomic E-state index is -1.28. The molecule has 0 aliphatic carbocycles. The van der Waals surface area contributed by atoms with Crippen LogP contribution in [0.5, 0.6) is 0 Å². The molecule has 0 fully saturated rings. The summed E-state index contributed by atoms with van der Waals surface area (Å²) < 4.78 is 0. The van der Waals surface area contributed by atoms with E-state index in [1.165, 1.54) is 0 Å². The number of carboxylic acid groups (broad SMARTS) is 1. The van der Waals surface area contributed by atoms with Crippen molar-refractivity contribution in [2.24, 2.45) is 0 Å². The van der Waals surface area contributed by atoms with E-state index >= 15 is 0 Å². The van der Waals surface area contributed by atoms with Gasteiger partial charge < -0.3 is 9.90 Å². The van der Waals surface area contributed by atoms with E-state index in [0.717, 1.165) is 4.90 Å². The van der Waals surface area contributed by atoms with Crippen LogP contribution in [0.15, 0.2) is 24.3 Å². The Morgan fingerprint density at radius 2 is 1.59 bits per heavy atom. The maximum atomic E-state index is 11.7. The molecule has 1 aliphatic rings. The molecule has 1 aliphatic heterocycles. The van der Waals surface area contributed by atoms with Gasteiger partial charge in [0.2, 0.25) is 0 Å². The molecule has 0 saturated heterocycles. The fourth-order valence-electron chi connectivity index (χ4n) is 1.65. The first-order valence-electron chi connectivity index (χ1n) is 4.76. The first-order valence-corrected chi connectivity index (χ1v) is 4.76. The number of benzene rings is 1. The van der Waals surface area contributed by atoms with E-state index in [1.807, 2.05) is 0 Å². The largest absolute Gasteiger partial charge is 1.00 e. The molecule has 5 nitrogen and oxygen atoms in total. The van der Waals surface area contributed by atoms with Crippen LogP contribution < -0.4 is 24.0 Å². The fraction of sp³-hybridized carbons (Fsp3) is 0.182. The number of carbonyl (C=O) groups excluding carboxylic acids is 3. The van der Waals surface area contributed by atoms with Crippen LogP contribution >= 0.6 is 0 Å². The zero-order chi connectivity index (χ0) is 11.7. The number of amides is 2. The molecule has 0 unspecified atom stereocenters. The molecule has 0 bridgehead atoms. The quantitative estimate of drug-likeness (QED) is 0.394. The van der Waals surface area contributed by atoms with Crippen molar-refractivity contribution in [1.29, 1.82) is 0 Å². The van der Waals surface area contributed by atoms with Crippen LogP contribution in [0.1, 0.15) is 27.1 Å². The van der Waals surface area contributed by atoms with Crippen LogP contribution in [0.25, 0.3) is 0 Å². The molecule has 0 saturated carbocycles. The van der Waals surface area contributed by atoms with Crippen molar-refractivity contribution >= 4 is 17.8 Å². The third-order valence-corrected chi connectivity index (χ3v) is 2.42. The molecule has 2 rings (SSSR count). The number of nitrogens with zero attached hydrogens (tertiary/aromatic N) is 1. The summed E-state index contributed by atoms with van der Waals surface area (Å²) in [6, 6.07) is 6.42. The second-order valence-corrected chi connectivity index (χ2v) is 3.43. The molecule has 6 heteroatoms. The summed E-state index contributed by atoms with van der Waals surface area (Å²) in [6.07, 6.45) is -0.342. The van der Waals surface area contributed by atoms with E-state index in [4.69, 9.17) is 0 Å². The van der Waals surface area contributed by atoms with Crippen molar-refractivity contribution in [3.8, 4) is 0 Å². The SMILES string of the molecule is O=C([O-])CCN1C(=O)c2ccccc2C1=O.[Li+]. The Kier molecular flexibility index (Phi) is 4.10. The van der Waals surface area contributed by atoms with Crippen LogP contribution in [0.3, 0.4) is 0 Å². The first kappa shape index (κ1) is 13.5. The molecule has 0 aromatic heterocycles. The van der Waals surface area contributed by atoms with Crippen molar-refractivity contribution in [2.75, 3.05) is 6.54 Å². The van der Waals surface area contributed by atoms with E-state index in [0.29, 0.717) is 11.1 Å². The topological polar surface area (TPSA) is 77.5 Å². The monoisotopic (exact) mass is 225 g/mol. The third kappa shape index (κ3) is 2.41. The molecule has 17 heavy (non-hydrogen) atoms. The van der Waals surface area contributed by atoms with Crippen LogP contribution in [0.2, 0.25) is 0 Å². The van der Waals surface area contributed by atoms with Crippen LogP contribution in [0.4, 0.5) is 0 Å². The number of carboxylic acids is 1. The second-order valence-electron chi connectivity index (χ2n) is 3.43. The summed E-state index contributed by atoms with van der Waals surface area (Å²) in [6.45, 7) is -0.144. The number of hydrogen-bond donors (Lipinski definition) is 0. The van der Waals surface area contributed by atoms with Gasteiger partial charge in [-0.2, -0.15) is 0 Å². The molecule has 0 N–H and O–H groups in total. The van der Waals surface area contributed by atoms with Crippen molar-refractivity contribution in [3.63, 3.8) is 0 Å². The number of fused-ring (bicyclic) bond motifs is 1. The van der Waals surface area contributed by atoms with Crippen LogP contribution in [-0.4, -0.2) is 29.2 Å². The number of hydrogen-bond acceptors (Lipinski definition) is 4. The van der Waals surface area contributed by atoms with E-state index in [2.05, 4.69) is 0 Å². The molecular weight excluding hydrogens is 217 g/mol. The van der Waals surface area contributed by atoms with Gasteiger partial charge in [0.1, 0.15) is 0 Å². The summed E-state index contributed by atoms with van der Waals surface area (Å²) >= 11 is 0. The molecule has 1 aromatic carbocycles. The summed E-state index contributed by atoms with van der Waals surface area (Å²) in [7, 11) is 0. The summed E-state index contributed by atoms with van der Waals surface area (Å²) in [4.78, 5) is 34.6. The molecule has 1 heterocycles. The Hall–Kier alpha value is -1.57. The number of aliphatic carboxylic acids is 1. The fourth-order valence-corrected chi connectivity index (χ4v) is 1.65. The maximum Gasteiger partial charge on any atom is 1.00 e. The summed E-state index contributed by atoms with van der Waals surface area (Å²) in [5.74, 6) is -2.17. The molecule has 2 amide bonds. The second kappa shape index (κ2) is 5.17. The van der Waals surface area contributed by atoms with Crippen molar-refractivity contribution in [1.82, 2.24) is 4.90 Å². The van der Waals surface area contributed by atoms with Gasteiger partial charge in [0, 0.05) is 18.9 Å². The number of rotatable bonds is 3. The van der Waals surface area contributed by atoms with Gasteiger partial charge in [0.15, 0.2) is 0 Å². The van der Waals surface area contributed by atoms with Crippen molar-refractivity contribution in [2.45, 2.75) is 6.42 Å². The molecule has 1 aromatic rings. The molecular formula is C11H8LiNO4. The van der Waals surface area contributed by atoms with Gasteiger partial charge in [0.05, 0.1) is 11.1 Å². The number of carbonyl (C=O) groups is 3. The van der Waals surface area contributed by atoms with Gasteiger partial charge >= 0.3 is 18.9 Å². The molecule has 0 atom stereocenters. The predicted octanol–water partition coefficient (Wildman–Crippen LogP) is -3.57. The average Bonchev–Trinajstić information content (AvgIpc) is 2.50. The minimum absolute atomic E-state index is 0. The minimum Gasteiger partial charge on any atom is -0.550 e. The Morgan fingerprint density at radius 3 is 2.00 bits per heavy atom. The summed E-state index contributed by atoms with van der Waals surface area (Å²) in [5, 5.41) is 10.3. The van der Waals surface area contributed by atoms with Crippen LogP contribution in [0, 0.1) is 0 Å². The van der Waals surface area contributed by atoms with E-state index in [-0.39, 0.29) is 31.8 Å². The zero-order valence-electron chi connectivity index (χ0n) is 9.30. The standard InChI is InChI=1S/C11H9NO4.Li/c13-9(14)5-6-12-10(15)7-3-1-2-4-8(7)11(12)16;/h1-4H,5-6H2,(H,13,14);/q;+1/p-1. The molecule has 82 valence electrons. The predicted molar refractivity (Wildman–Crippen MR) is 51.4 cm³/mol. The summed E-state index contributed by atoms with van der Waals surface area (Å²) in [5.41, 5.74) is 0.650. The Bertz CT molecular complexity index is 451. The van der Waals surface area contributed by atoms with Gasteiger partial charge in [-0.25, -0.2) is 0 Å². The molecule has 0 spiro atoms. The maximum absolute atomic E-state index is 11.7. The van der Waals surface area contributed by atoms with E-state index in [1.54, 1.807) is 24.3 Å².